The smallest absolute Gasteiger partial charge is 0.319 e. The number of rotatable bonds is 2. The highest BCUT2D eigenvalue weighted by molar-refractivity contribution is 6.01. The van der Waals surface area contributed by atoms with Crippen molar-refractivity contribution in [3.63, 3.8) is 0 Å². The molecule has 0 aliphatic heterocycles. The summed E-state index contributed by atoms with van der Waals surface area (Å²) in [6, 6.07) is 14.2. The molecule has 0 saturated heterocycles. The second-order valence-corrected chi connectivity index (χ2v) is 5.05. The van der Waals surface area contributed by atoms with Gasteiger partial charge in [0.05, 0.1) is 5.69 Å². The zero-order chi connectivity index (χ0) is 13.2. The van der Waals surface area contributed by atoms with Crippen molar-refractivity contribution in [1.29, 1.82) is 0 Å². The second kappa shape index (κ2) is 4.90. The van der Waals surface area contributed by atoms with Crippen molar-refractivity contribution in [2.24, 2.45) is 5.73 Å². The third-order valence-corrected chi connectivity index (χ3v) is 3.55. The number of benzene rings is 2. The quantitative estimate of drug-likeness (QED) is 0.771. The Kier molecular flexibility index (Phi) is 3.09. The number of amides is 2. The van der Waals surface area contributed by atoms with Crippen LogP contribution in [0.25, 0.3) is 10.8 Å². The molecule has 4 nitrogen and oxygen atoms in total. The number of nitrogens with two attached hydrogens (primary N) is 1. The summed E-state index contributed by atoms with van der Waals surface area (Å²) >= 11 is 0. The van der Waals surface area contributed by atoms with Crippen LogP contribution in [0, 0.1) is 0 Å². The lowest BCUT2D eigenvalue weighted by Crippen LogP contribution is -2.51. The standard InChI is InChI=1S/C15H17N3O/c16-11-8-12(9-11)17-15(19)18-14-7-3-5-10-4-1-2-6-13(10)14/h1-7,11-12H,8-9,16H2,(H2,17,18,19). The lowest BCUT2D eigenvalue weighted by molar-refractivity contribution is 0.234. The van der Waals surface area contributed by atoms with E-state index in [0.717, 1.165) is 29.3 Å². The predicted octanol–water partition coefficient (Wildman–Crippen LogP) is 2.45. The van der Waals surface area contributed by atoms with E-state index in [1.807, 2.05) is 42.5 Å². The molecule has 2 amide bonds. The van der Waals surface area contributed by atoms with Crippen LogP contribution in [0.4, 0.5) is 10.5 Å². The van der Waals surface area contributed by atoms with E-state index in [1.54, 1.807) is 0 Å². The van der Waals surface area contributed by atoms with Crippen molar-refractivity contribution in [1.82, 2.24) is 5.32 Å². The third-order valence-electron chi connectivity index (χ3n) is 3.55. The first-order chi connectivity index (χ1) is 9.22. The van der Waals surface area contributed by atoms with Crippen LogP contribution in [0.1, 0.15) is 12.8 Å². The Labute approximate surface area is 112 Å². The van der Waals surface area contributed by atoms with Crippen LogP contribution in [0.3, 0.4) is 0 Å². The molecule has 1 aliphatic carbocycles. The highest BCUT2D eigenvalue weighted by atomic mass is 16.2. The van der Waals surface area contributed by atoms with E-state index < -0.39 is 0 Å². The van der Waals surface area contributed by atoms with Gasteiger partial charge >= 0.3 is 6.03 Å². The Morgan fingerprint density at radius 1 is 1.11 bits per heavy atom. The van der Waals surface area contributed by atoms with Gasteiger partial charge in [-0.15, -0.1) is 0 Å². The molecule has 0 radical (unpaired) electrons. The fourth-order valence-corrected chi connectivity index (χ4v) is 2.46. The normalized spacial score (nSPS) is 21.7. The maximum atomic E-state index is 11.9. The zero-order valence-electron chi connectivity index (χ0n) is 10.6. The lowest BCUT2D eigenvalue weighted by Gasteiger charge is -2.32. The molecule has 0 heterocycles. The van der Waals surface area contributed by atoms with Crippen LogP contribution in [0.15, 0.2) is 42.5 Å². The van der Waals surface area contributed by atoms with Crippen LogP contribution in [0.2, 0.25) is 0 Å². The Hall–Kier alpha value is -2.07. The van der Waals surface area contributed by atoms with E-state index in [0.29, 0.717) is 0 Å². The van der Waals surface area contributed by atoms with Crippen molar-refractivity contribution < 1.29 is 4.79 Å². The van der Waals surface area contributed by atoms with Gasteiger partial charge in [0.1, 0.15) is 0 Å². The van der Waals surface area contributed by atoms with Crippen molar-refractivity contribution in [2.45, 2.75) is 24.9 Å². The Morgan fingerprint density at radius 3 is 2.63 bits per heavy atom. The summed E-state index contributed by atoms with van der Waals surface area (Å²) in [5.74, 6) is 0. The summed E-state index contributed by atoms with van der Waals surface area (Å²) in [5, 5.41) is 8.00. The summed E-state index contributed by atoms with van der Waals surface area (Å²) in [7, 11) is 0. The van der Waals surface area contributed by atoms with E-state index in [4.69, 9.17) is 5.73 Å². The first-order valence-corrected chi connectivity index (χ1v) is 6.53. The molecule has 3 rings (SSSR count). The van der Waals surface area contributed by atoms with Gasteiger partial charge in [0.15, 0.2) is 0 Å². The molecule has 2 aromatic rings. The molecule has 4 heteroatoms. The number of fused-ring (bicyclic) bond motifs is 1. The summed E-state index contributed by atoms with van der Waals surface area (Å²) < 4.78 is 0. The predicted molar refractivity (Wildman–Crippen MR) is 77.1 cm³/mol. The molecular weight excluding hydrogens is 238 g/mol. The summed E-state index contributed by atoms with van der Waals surface area (Å²) in [5.41, 5.74) is 6.53. The molecule has 2 aromatic carbocycles. The van der Waals surface area contributed by atoms with Crippen LogP contribution in [-0.2, 0) is 0 Å². The molecule has 0 spiro atoms. The number of hydrogen-bond donors (Lipinski definition) is 3. The van der Waals surface area contributed by atoms with Gasteiger partial charge in [-0.1, -0.05) is 36.4 Å². The topological polar surface area (TPSA) is 67.1 Å². The van der Waals surface area contributed by atoms with E-state index in [1.165, 1.54) is 0 Å². The van der Waals surface area contributed by atoms with E-state index in [9.17, 15) is 4.79 Å². The first kappa shape index (κ1) is 12.0. The Balaban J connectivity index is 1.72. The zero-order valence-corrected chi connectivity index (χ0v) is 10.6. The Bertz CT molecular complexity index is 600. The lowest BCUT2D eigenvalue weighted by atomic mass is 9.88. The van der Waals surface area contributed by atoms with Gasteiger partial charge in [-0.3, -0.25) is 0 Å². The molecule has 0 unspecified atom stereocenters. The van der Waals surface area contributed by atoms with Crippen molar-refractivity contribution in [2.75, 3.05) is 5.32 Å². The molecular formula is C15H17N3O. The van der Waals surface area contributed by atoms with Crippen LogP contribution in [0.5, 0.6) is 0 Å². The van der Waals surface area contributed by atoms with E-state index in [2.05, 4.69) is 10.6 Å². The van der Waals surface area contributed by atoms with E-state index in [-0.39, 0.29) is 18.1 Å². The third kappa shape index (κ3) is 2.53. The number of hydrogen-bond acceptors (Lipinski definition) is 2. The molecule has 0 aromatic heterocycles. The van der Waals surface area contributed by atoms with Crippen molar-refractivity contribution in [3.05, 3.63) is 42.5 Å². The minimum absolute atomic E-state index is 0.159. The number of carbonyl (C=O) groups is 1. The fraction of sp³-hybridized carbons (Fsp3) is 0.267. The minimum atomic E-state index is -0.159. The number of anilines is 1. The molecule has 4 N–H and O–H groups in total. The summed E-state index contributed by atoms with van der Waals surface area (Å²) in [6.45, 7) is 0. The molecule has 1 saturated carbocycles. The van der Waals surface area contributed by atoms with Gasteiger partial charge in [-0.2, -0.15) is 0 Å². The molecule has 0 bridgehead atoms. The Morgan fingerprint density at radius 2 is 1.84 bits per heavy atom. The summed E-state index contributed by atoms with van der Waals surface area (Å²) in [6.07, 6.45) is 1.73. The van der Waals surface area contributed by atoms with Crippen molar-refractivity contribution >= 4 is 22.5 Å². The average Bonchev–Trinajstić information content (AvgIpc) is 2.37. The van der Waals surface area contributed by atoms with Crippen molar-refractivity contribution in [3.8, 4) is 0 Å². The number of carbonyl (C=O) groups excluding carboxylic acids is 1. The van der Waals surface area contributed by atoms with Crippen LogP contribution >= 0.6 is 0 Å². The van der Waals surface area contributed by atoms with Crippen LogP contribution in [-0.4, -0.2) is 18.1 Å². The van der Waals surface area contributed by atoms with Gasteiger partial charge in [0.25, 0.3) is 0 Å². The molecule has 1 aliphatic rings. The van der Waals surface area contributed by atoms with Gasteiger partial charge in [-0.05, 0) is 24.3 Å². The fourth-order valence-electron chi connectivity index (χ4n) is 2.46. The number of urea groups is 1. The summed E-state index contributed by atoms with van der Waals surface area (Å²) in [4.78, 5) is 11.9. The van der Waals surface area contributed by atoms with Gasteiger partial charge in [0, 0.05) is 17.5 Å². The average molecular weight is 255 g/mol. The molecule has 0 atom stereocenters. The van der Waals surface area contributed by atoms with Crippen LogP contribution < -0.4 is 16.4 Å². The van der Waals surface area contributed by atoms with E-state index >= 15 is 0 Å². The molecule has 1 fully saturated rings. The highest BCUT2D eigenvalue weighted by Gasteiger charge is 2.27. The first-order valence-electron chi connectivity index (χ1n) is 6.53. The highest BCUT2D eigenvalue weighted by Crippen LogP contribution is 2.23. The largest absolute Gasteiger partial charge is 0.335 e. The minimum Gasteiger partial charge on any atom is -0.335 e. The molecule has 98 valence electrons. The molecule has 19 heavy (non-hydrogen) atoms. The second-order valence-electron chi connectivity index (χ2n) is 5.05. The van der Waals surface area contributed by atoms with Gasteiger partial charge in [-0.25, -0.2) is 4.79 Å². The maximum absolute atomic E-state index is 11.9. The number of nitrogens with one attached hydrogen (secondary N) is 2. The van der Waals surface area contributed by atoms with Gasteiger partial charge < -0.3 is 16.4 Å². The van der Waals surface area contributed by atoms with Gasteiger partial charge in [0.2, 0.25) is 0 Å². The SMILES string of the molecule is NC1CC(NC(=O)Nc2cccc3ccccc23)C1. The monoisotopic (exact) mass is 255 g/mol. The maximum Gasteiger partial charge on any atom is 0.319 e.